The lowest BCUT2D eigenvalue weighted by atomic mass is 10.2. The highest BCUT2D eigenvalue weighted by Gasteiger charge is 2.33. The van der Waals surface area contributed by atoms with Crippen molar-refractivity contribution >= 4 is 17.5 Å². The SMILES string of the molecule is COc1ccc(CN(C(=O)C[NH+](C)CC(=O)Nc2ccc(OC)cc2)C2CC2)cc1. The predicted molar refractivity (Wildman–Crippen MR) is 115 cm³/mol. The molecule has 1 aliphatic carbocycles. The average Bonchev–Trinajstić information content (AvgIpc) is 3.57. The molecule has 0 aromatic heterocycles. The topological polar surface area (TPSA) is 72.3 Å². The number of carbonyl (C=O) groups is 2. The lowest BCUT2D eigenvalue weighted by Crippen LogP contribution is -3.11. The molecule has 30 heavy (non-hydrogen) atoms. The van der Waals surface area contributed by atoms with Crippen LogP contribution in [0.4, 0.5) is 5.69 Å². The second-order valence-electron chi connectivity index (χ2n) is 7.69. The van der Waals surface area contributed by atoms with Gasteiger partial charge in [0.2, 0.25) is 0 Å². The highest BCUT2D eigenvalue weighted by Crippen LogP contribution is 2.28. The molecule has 1 saturated carbocycles. The Kier molecular flexibility index (Phi) is 7.30. The molecule has 7 heteroatoms. The number of ether oxygens (including phenoxy) is 2. The summed E-state index contributed by atoms with van der Waals surface area (Å²) in [7, 11) is 5.10. The van der Waals surface area contributed by atoms with E-state index in [1.54, 1.807) is 38.5 Å². The molecule has 2 N–H and O–H groups in total. The number of likely N-dealkylation sites (N-methyl/N-ethyl adjacent to an activating group) is 1. The molecule has 0 aliphatic heterocycles. The van der Waals surface area contributed by atoms with Crippen LogP contribution in [0.2, 0.25) is 0 Å². The molecule has 1 fully saturated rings. The number of carbonyl (C=O) groups excluding carboxylic acids is 2. The van der Waals surface area contributed by atoms with Crippen LogP contribution in [0.1, 0.15) is 18.4 Å². The number of amides is 2. The Labute approximate surface area is 177 Å². The van der Waals surface area contributed by atoms with Crippen molar-refractivity contribution in [2.45, 2.75) is 25.4 Å². The minimum Gasteiger partial charge on any atom is -0.497 e. The number of hydrogen-bond acceptors (Lipinski definition) is 4. The van der Waals surface area contributed by atoms with Gasteiger partial charge in [-0.2, -0.15) is 0 Å². The molecule has 0 heterocycles. The van der Waals surface area contributed by atoms with E-state index in [1.165, 1.54) is 0 Å². The van der Waals surface area contributed by atoms with Gasteiger partial charge in [0.25, 0.3) is 11.8 Å². The summed E-state index contributed by atoms with van der Waals surface area (Å²) >= 11 is 0. The van der Waals surface area contributed by atoms with E-state index in [4.69, 9.17) is 9.47 Å². The molecule has 1 atom stereocenters. The summed E-state index contributed by atoms with van der Waals surface area (Å²) in [6, 6.07) is 15.3. The van der Waals surface area contributed by atoms with Gasteiger partial charge in [-0.1, -0.05) is 12.1 Å². The number of rotatable bonds is 10. The Hall–Kier alpha value is -3.06. The zero-order valence-electron chi connectivity index (χ0n) is 17.8. The van der Waals surface area contributed by atoms with Crippen molar-refractivity contribution in [2.24, 2.45) is 0 Å². The Balaban J connectivity index is 1.51. The number of methoxy groups -OCH3 is 2. The average molecular weight is 413 g/mol. The Morgan fingerprint density at radius 1 is 0.967 bits per heavy atom. The van der Waals surface area contributed by atoms with Gasteiger partial charge in [0.1, 0.15) is 11.5 Å². The third-order valence-electron chi connectivity index (χ3n) is 5.11. The maximum Gasteiger partial charge on any atom is 0.279 e. The molecule has 0 saturated heterocycles. The van der Waals surface area contributed by atoms with Crippen LogP contribution in [0, 0.1) is 0 Å². The molecule has 0 spiro atoms. The van der Waals surface area contributed by atoms with Gasteiger partial charge < -0.3 is 24.6 Å². The number of quaternary nitrogens is 1. The molecule has 160 valence electrons. The minimum atomic E-state index is -0.126. The third-order valence-corrected chi connectivity index (χ3v) is 5.11. The van der Waals surface area contributed by atoms with Gasteiger partial charge in [0, 0.05) is 18.3 Å². The van der Waals surface area contributed by atoms with E-state index in [1.807, 2.05) is 36.2 Å². The van der Waals surface area contributed by atoms with Gasteiger partial charge in [0.05, 0.1) is 21.3 Å². The standard InChI is InChI=1S/C23H29N3O4/c1-25(15-22(27)24-18-6-12-21(30-3)13-7-18)16-23(28)26(19-8-9-19)14-17-4-10-20(29-2)11-5-17/h4-7,10-13,19H,8-9,14-16H2,1-3H3,(H,24,27)/p+1. The van der Waals surface area contributed by atoms with Gasteiger partial charge in [-0.05, 0) is 54.8 Å². The quantitative estimate of drug-likeness (QED) is 0.618. The fourth-order valence-corrected chi connectivity index (χ4v) is 3.31. The molecule has 7 nitrogen and oxygen atoms in total. The summed E-state index contributed by atoms with van der Waals surface area (Å²) in [6.07, 6.45) is 2.08. The van der Waals surface area contributed by atoms with Crippen LogP contribution >= 0.6 is 0 Å². The fraction of sp³-hybridized carbons (Fsp3) is 0.391. The molecule has 1 aliphatic rings. The van der Waals surface area contributed by atoms with Gasteiger partial charge in [-0.15, -0.1) is 0 Å². The number of nitrogens with one attached hydrogen (secondary N) is 2. The van der Waals surface area contributed by atoms with Gasteiger partial charge >= 0.3 is 0 Å². The number of nitrogens with zero attached hydrogens (tertiary/aromatic N) is 1. The van der Waals surface area contributed by atoms with Gasteiger partial charge in [-0.3, -0.25) is 9.59 Å². The minimum absolute atomic E-state index is 0.0723. The Morgan fingerprint density at radius 2 is 1.53 bits per heavy atom. The first-order valence-corrected chi connectivity index (χ1v) is 10.2. The Morgan fingerprint density at radius 3 is 2.07 bits per heavy atom. The molecule has 3 rings (SSSR count). The van der Waals surface area contributed by atoms with Crippen LogP contribution in [-0.2, 0) is 16.1 Å². The van der Waals surface area contributed by atoms with Crippen molar-refractivity contribution in [1.29, 1.82) is 0 Å². The van der Waals surface area contributed by atoms with E-state index in [2.05, 4.69) is 5.32 Å². The van der Waals surface area contributed by atoms with E-state index >= 15 is 0 Å². The van der Waals surface area contributed by atoms with Crippen molar-refractivity contribution in [3.05, 3.63) is 54.1 Å². The van der Waals surface area contributed by atoms with Crippen LogP contribution in [0.25, 0.3) is 0 Å². The molecule has 0 bridgehead atoms. The molecular weight excluding hydrogens is 382 g/mol. The maximum absolute atomic E-state index is 12.9. The molecule has 2 aromatic rings. The lowest BCUT2D eigenvalue weighted by molar-refractivity contribution is -0.862. The van der Waals surface area contributed by atoms with Crippen molar-refractivity contribution in [1.82, 2.24) is 4.90 Å². The highest BCUT2D eigenvalue weighted by molar-refractivity contribution is 5.91. The summed E-state index contributed by atoms with van der Waals surface area (Å²) in [4.78, 5) is 28.0. The van der Waals surface area contributed by atoms with Crippen LogP contribution < -0.4 is 19.7 Å². The molecule has 1 unspecified atom stereocenters. The van der Waals surface area contributed by atoms with Crippen LogP contribution in [0.3, 0.4) is 0 Å². The van der Waals surface area contributed by atoms with Crippen LogP contribution in [0.15, 0.2) is 48.5 Å². The zero-order valence-corrected chi connectivity index (χ0v) is 17.8. The normalized spacial score (nSPS) is 14.0. The molecule has 0 radical (unpaired) electrons. The first kappa shape index (κ1) is 21.6. The summed E-state index contributed by atoms with van der Waals surface area (Å²) in [5.74, 6) is 1.48. The van der Waals surface area contributed by atoms with Gasteiger partial charge in [0.15, 0.2) is 13.1 Å². The smallest absolute Gasteiger partial charge is 0.279 e. The number of benzene rings is 2. The first-order chi connectivity index (χ1) is 14.5. The summed E-state index contributed by atoms with van der Waals surface area (Å²) in [6.45, 7) is 1.08. The second kappa shape index (κ2) is 10.1. The second-order valence-corrected chi connectivity index (χ2v) is 7.69. The fourth-order valence-electron chi connectivity index (χ4n) is 3.31. The van der Waals surface area contributed by atoms with Crippen molar-refractivity contribution < 1.29 is 24.0 Å². The highest BCUT2D eigenvalue weighted by atomic mass is 16.5. The van der Waals surface area contributed by atoms with E-state index in [9.17, 15) is 9.59 Å². The monoisotopic (exact) mass is 412 g/mol. The lowest BCUT2D eigenvalue weighted by Gasteiger charge is -2.24. The predicted octanol–water partition coefficient (Wildman–Crippen LogP) is 1.35. The molecule has 2 amide bonds. The zero-order chi connectivity index (χ0) is 21.5. The molecular formula is C23H30N3O4+. The number of anilines is 1. The van der Waals surface area contributed by atoms with E-state index < -0.39 is 0 Å². The van der Waals surface area contributed by atoms with Crippen molar-refractivity contribution in [3.8, 4) is 11.5 Å². The van der Waals surface area contributed by atoms with Crippen molar-refractivity contribution in [2.75, 3.05) is 39.7 Å². The number of hydrogen-bond donors (Lipinski definition) is 2. The summed E-state index contributed by atoms with van der Waals surface area (Å²) < 4.78 is 10.3. The van der Waals surface area contributed by atoms with E-state index in [-0.39, 0.29) is 24.9 Å². The van der Waals surface area contributed by atoms with Gasteiger partial charge in [-0.25, -0.2) is 0 Å². The van der Waals surface area contributed by atoms with Crippen molar-refractivity contribution in [3.63, 3.8) is 0 Å². The van der Waals surface area contributed by atoms with Crippen LogP contribution in [-0.4, -0.2) is 57.1 Å². The summed E-state index contributed by atoms with van der Waals surface area (Å²) in [5, 5.41) is 2.86. The Bertz CT molecular complexity index is 848. The third kappa shape index (κ3) is 6.22. The largest absolute Gasteiger partial charge is 0.497 e. The van der Waals surface area contributed by atoms with E-state index in [0.717, 1.165) is 34.8 Å². The first-order valence-electron chi connectivity index (χ1n) is 10.2. The van der Waals surface area contributed by atoms with E-state index in [0.29, 0.717) is 18.3 Å². The maximum atomic E-state index is 12.9. The van der Waals surface area contributed by atoms with Crippen LogP contribution in [0.5, 0.6) is 11.5 Å². The molecule has 2 aromatic carbocycles. The summed E-state index contributed by atoms with van der Waals surface area (Å²) in [5.41, 5.74) is 1.78.